The van der Waals surface area contributed by atoms with Crippen LogP contribution in [0, 0.1) is 5.41 Å². The molecule has 0 spiro atoms. The smallest absolute Gasteiger partial charge is 0.258 e. The van der Waals surface area contributed by atoms with Gasteiger partial charge < -0.3 is 30.5 Å². The predicted molar refractivity (Wildman–Crippen MR) is 131 cm³/mol. The van der Waals surface area contributed by atoms with Crippen LogP contribution >= 0.6 is 24.0 Å². The summed E-state index contributed by atoms with van der Waals surface area (Å²) in [5, 5.41) is 18.9. The van der Waals surface area contributed by atoms with E-state index in [9.17, 15) is 9.90 Å². The molecule has 0 radical (unpaired) electrons. The Morgan fingerprint density at radius 1 is 1.29 bits per heavy atom. The van der Waals surface area contributed by atoms with Gasteiger partial charge in [-0.15, -0.1) is 24.0 Å². The number of rotatable bonds is 11. The second-order valence-electron chi connectivity index (χ2n) is 8.15. The van der Waals surface area contributed by atoms with Gasteiger partial charge in [-0.1, -0.05) is 12.1 Å². The molecule has 8 nitrogen and oxygen atoms in total. The maximum Gasteiger partial charge on any atom is 0.258 e. The van der Waals surface area contributed by atoms with Crippen LogP contribution < -0.4 is 20.7 Å². The highest BCUT2D eigenvalue weighted by molar-refractivity contribution is 14.0. The Bertz CT molecular complexity index is 704. The van der Waals surface area contributed by atoms with E-state index in [1.54, 1.807) is 7.05 Å². The number of amides is 1. The topological polar surface area (TPSA) is 104 Å². The molecule has 1 heterocycles. The summed E-state index contributed by atoms with van der Waals surface area (Å²) in [6.07, 6.45) is 4.68. The first-order valence-corrected chi connectivity index (χ1v) is 10.8. The van der Waals surface area contributed by atoms with Crippen molar-refractivity contribution in [3.05, 3.63) is 29.8 Å². The Morgan fingerprint density at radius 2 is 2.06 bits per heavy atom. The van der Waals surface area contributed by atoms with Crippen molar-refractivity contribution in [1.82, 2.24) is 16.0 Å². The van der Waals surface area contributed by atoms with Gasteiger partial charge in [0, 0.05) is 44.8 Å². The van der Waals surface area contributed by atoms with Crippen molar-refractivity contribution in [1.29, 1.82) is 0 Å². The van der Waals surface area contributed by atoms with E-state index in [1.807, 2.05) is 24.3 Å². The fourth-order valence-electron chi connectivity index (χ4n) is 3.53. The van der Waals surface area contributed by atoms with Gasteiger partial charge in [-0.3, -0.25) is 9.79 Å². The predicted octanol–water partition coefficient (Wildman–Crippen LogP) is 1.46. The Morgan fingerprint density at radius 3 is 2.68 bits per heavy atom. The number of carbonyl (C=O) groups is 1. The number of halogens is 1. The number of guanidine groups is 1. The van der Waals surface area contributed by atoms with Crippen molar-refractivity contribution >= 4 is 35.8 Å². The molecule has 0 aromatic heterocycles. The number of hydrogen-bond acceptors (Lipinski definition) is 5. The molecule has 0 bridgehead atoms. The molecule has 1 atom stereocenters. The summed E-state index contributed by atoms with van der Waals surface area (Å²) in [4.78, 5) is 16.0. The van der Waals surface area contributed by atoms with Crippen LogP contribution in [-0.4, -0.2) is 69.6 Å². The van der Waals surface area contributed by atoms with Crippen LogP contribution in [0.2, 0.25) is 0 Å². The van der Waals surface area contributed by atoms with Crippen LogP contribution in [0.1, 0.15) is 31.2 Å². The number of carbonyl (C=O) groups excluding carboxylic acids is 1. The lowest BCUT2D eigenvalue weighted by Gasteiger charge is -2.27. The highest BCUT2D eigenvalue weighted by Gasteiger charge is 2.34. The quantitative estimate of drug-likeness (QED) is 0.191. The van der Waals surface area contributed by atoms with E-state index >= 15 is 0 Å². The van der Waals surface area contributed by atoms with E-state index in [0.29, 0.717) is 18.4 Å². The molecule has 1 aliphatic heterocycles. The second kappa shape index (κ2) is 13.1. The van der Waals surface area contributed by atoms with Crippen molar-refractivity contribution in [2.75, 3.05) is 46.6 Å². The second-order valence-corrected chi connectivity index (χ2v) is 8.15. The summed E-state index contributed by atoms with van der Waals surface area (Å²) in [5.74, 6) is 1.39. The first-order valence-electron chi connectivity index (χ1n) is 10.8. The molecule has 1 amide bonds. The Hall–Kier alpha value is -1.59. The molecular formula is C22H35IN4O4. The lowest BCUT2D eigenvalue weighted by Crippen LogP contribution is -2.45. The lowest BCUT2D eigenvalue weighted by atomic mass is 9.84. The number of benzene rings is 1. The normalized spacial score (nSPS) is 20.6. The van der Waals surface area contributed by atoms with Crippen molar-refractivity contribution in [3.63, 3.8) is 0 Å². The summed E-state index contributed by atoms with van der Waals surface area (Å²) in [7, 11) is 1.75. The number of aliphatic imine (C=N–C) groups is 1. The molecule has 1 unspecified atom stereocenters. The molecule has 2 fully saturated rings. The van der Waals surface area contributed by atoms with Crippen LogP contribution in [-0.2, 0) is 16.0 Å². The molecule has 9 heteroatoms. The van der Waals surface area contributed by atoms with E-state index in [4.69, 9.17) is 9.47 Å². The fourth-order valence-corrected chi connectivity index (χ4v) is 3.53. The number of ether oxygens (including phenoxy) is 2. The first kappa shape index (κ1) is 25.7. The molecule has 1 saturated carbocycles. The molecule has 1 saturated heterocycles. The summed E-state index contributed by atoms with van der Waals surface area (Å²) in [6.45, 7) is 3.12. The zero-order valence-electron chi connectivity index (χ0n) is 18.2. The summed E-state index contributed by atoms with van der Waals surface area (Å²) >= 11 is 0. The van der Waals surface area contributed by atoms with Crippen molar-refractivity contribution in [2.24, 2.45) is 10.4 Å². The van der Waals surface area contributed by atoms with Gasteiger partial charge >= 0.3 is 0 Å². The lowest BCUT2D eigenvalue weighted by molar-refractivity contribution is -0.123. The number of hydrogen-bond donors (Lipinski definition) is 4. The highest BCUT2D eigenvalue weighted by atomic mass is 127. The van der Waals surface area contributed by atoms with E-state index < -0.39 is 0 Å². The molecule has 174 valence electrons. The van der Waals surface area contributed by atoms with E-state index in [2.05, 4.69) is 20.9 Å². The Balaban J connectivity index is 0.00000341. The minimum absolute atomic E-state index is 0. The van der Waals surface area contributed by atoms with Crippen LogP contribution in [0.15, 0.2) is 29.3 Å². The minimum atomic E-state index is -0.0606. The Kier molecular flexibility index (Phi) is 10.8. The van der Waals surface area contributed by atoms with Gasteiger partial charge in [0.05, 0.1) is 6.61 Å². The van der Waals surface area contributed by atoms with E-state index in [0.717, 1.165) is 57.8 Å². The SMILES string of the molecule is CN=C(NCCc1ccc(OCC(=O)NC2CC2)cc1)NCC1(CCO)CCOC1.I. The van der Waals surface area contributed by atoms with Crippen LogP contribution in [0.3, 0.4) is 0 Å². The summed E-state index contributed by atoms with van der Waals surface area (Å²) in [6, 6.07) is 8.17. The summed E-state index contributed by atoms with van der Waals surface area (Å²) < 4.78 is 11.1. The van der Waals surface area contributed by atoms with Crippen LogP contribution in [0.5, 0.6) is 5.75 Å². The average Bonchev–Trinajstić information content (AvgIpc) is 3.45. The zero-order chi connectivity index (χ0) is 21.2. The van der Waals surface area contributed by atoms with E-state index in [-0.39, 0.29) is 48.5 Å². The van der Waals surface area contributed by atoms with Crippen molar-refractivity contribution in [3.8, 4) is 5.75 Å². The van der Waals surface area contributed by atoms with E-state index in [1.165, 1.54) is 5.56 Å². The maximum absolute atomic E-state index is 11.7. The van der Waals surface area contributed by atoms with Gasteiger partial charge in [0.15, 0.2) is 12.6 Å². The fraction of sp³-hybridized carbons (Fsp3) is 0.636. The number of nitrogens with one attached hydrogen (secondary N) is 3. The molecule has 31 heavy (non-hydrogen) atoms. The third-order valence-corrected chi connectivity index (χ3v) is 5.62. The monoisotopic (exact) mass is 546 g/mol. The molecule has 1 aromatic carbocycles. The summed E-state index contributed by atoms with van der Waals surface area (Å²) in [5.41, 5.74) is 1.16. The van der Waals surface area contributed by atoms with Gasteiger partial charge in [0.25, 0.3) is 5.91 Å². The van der Waals surface area contributed by atoms with Crippen molar-refractivity contribution in [2.45, 2.75) is 38.1 Å². The first-order chi connectivity index (χ1) is 14.6. The molecule has 1 aliphatic carbocycles. The van der Waals surface area contributed by atoms with Crippen LogP contribution in [0.4, 0.5) is 0 Å². The standard InChI is InChI=1S/C22H34N4O4.HI/c1-23-21(25-15-22(9-12-27)10-13-29-16-22)24-11-8-17-2-6-19(7-3-17)30-14-20(28)26-18-4-5-18;/h2-3,6-7,18,27H,4-5,8-16H2,1H3,(H,26,28)(H2,23,24,25);1H. The average molecular weight is 546 g/mol. The third kappa shape index (κ3) is 8.82. The number of aliphatic hydroxyl groups is 1. The molecule has 4 N–H and O–H groups in total. The van der Waals surface area contributed by atoms with Gasteiger partial charge in [0.1, 0.15) is 5.75 Å². The highest BCUT2D eigenvalue weighted by Crippen LogP contribution is 2.31. The van der Waals surface area contributed by atoms with Crippen molar-refractivity contribution < 1.29 is 19.4 Å². The zero-order valence-corrected chi connectivity index (χ0v) is 20.5. The number of nitrogens with zero attached hydrogens (tertiary/aromatic N) is 1. The molecular weight excluding hydrogens is 511 g/mol. The van der Waals surface area contributed by atoms with Gasteiger partial charge in [-0.25, -0.2) is 0 Å². The van der Waals surface area contributed by atoms with Gasteiger partial charge in [-0.05, 0) is 49.8 Å². The van der Waals surface area contributed by atoms with Gasteiger partial charge in [0.2, 0.25) is 0 Å². The molecule has 2 aliphatic rings. The Labute approximate surface area is 201 Å². The van der Waals surface area contributed by atoms with Crippen LogP contribution in [0.25, 0.3) is 0 Å². The third-order valence-electron chi connectivity index (χ3n) is 5.62. The maximum atomic E-state index is 11.7. The van der Waals surface area contributed by atoms with Gasteiger partial charge in [-0.2, -0.15) is 0 Å². The molecule has 3 rings (SSSR count). The largest absolute Gasteiger partial charge is 0.484 e. The minimum Gasteiger partial charge on any atom is -0.484 e. The number of aliphatic hydroxyl groups excluding tert-OH is 1. The molecule has 1 aromatic rings.